The van der Waals surface area contributed by atoms with E-state index in [9.17, 15) is 4.79 Å². The Bertz CT molecular complexity index is 930. The molecular formula is C17H16N2OS3. The fourth-order valence-corrected chi connectivity index (χ4v) is 6.15. The van der Waals surface area contributed by atoms with E-state index >= 15 is 0 Å². The lowest BCUT2D eigenvalue weighted by molar-refractivity contribution is 0.581. The summed E-state index contributed by atoms with van der Waals surface area (Å²) in [6, 6.07) is 10.4. The van der Waals surface area contributed by atoms with Gasteiger partial charge in [0.15, 0.2) is 5.16 Å². The van der Waals surface area contributed by atoms with E-state index in [1.807, 2.05) is 29.3 Å². The lowest BCUT2D eigenvalue weighted by Gasteiger charge is -2.24. The van der Waals surface area contributed by atoms with Crippen molar-refractivity contribution in [3.8, 4) is 0 Å². The fraction of sp³-hybridized carbons (Fsp3) is 0.294. The zero-order valence-corrected chi connectivity index (χ0v) is 15.4. The molecule has 0 radical (unpaired) electrons. The fourth-order valence-electron chi connectivity index (χ4n) is 2.77. The summed E-state index contributed by atoms with van der Waals surface area (Å²) in [6.07, 6.45) is 0. The van der Waals surface area contributed by atoms with E-state index in [0.29, 0.717) is 5.25 Å². The van der Waals surface area contributed by atoms with E-state index in [2.05, 4.69) is 31.2 Å². The number of nitrogens with zero attached hydrogens (tertiary/aromatic N) is 2. The van der Waals surface area contributed by atoms with Crippen LogP contribution in [-0.4, -0.2) is 20.6 Å². The minimum absolute atomic E-state index is 0.123. The van der Waals surface area contributed by atoms with Gasteiger partial charge >= 0.3 is 0 Å². The van der Waals surface area contributed by atoms with Crippen molar-refractivity contribution in [2.75, 3.05) is 5.75 Å². The summed E-state index contributed by atoms with van der Waals surface area (Å²) in [7, 11) is 0. The lowest BCUT2D eigenvalue weighted by Crippen LogP contribution is -2.32. The molecule has 6 heteroatoms. The van der Waals surface area contributed by atoms with E-state index in [4.69, 9.17) is 4.98 Å². The highest BCUT2D eigenvalue weighted by Gasteiger charge is 2.24. The number of rotatable bonds is 2. The van der Waals surface area contributed by atoms with E-state index in [-0.39, 0.29) is 5.56 Å². The molecule has 3 nitrogen and oxygen atoms in total. The van der Waals surface area contributed by atoms with Crippen molar-refractivity contribution < 1.29 is 0 Å². The highest BCUT2D eigenvalue weighted by molar-refractivity contribution is 8.03. The molecule has 0 saturated heterocycles. The molecule has 3 heterocycles. The Hall–Kier alpha value is -1.24. The van der Waals surface area contributed by atoms with Gasteiger partial charge in [0.1, 0.15) is 4.83 Å². The zero-order valence-electron chi connectivity index (χ0n) is 12.9. The van der Waals surface area contributed by atoms with E-state index < -0.39 is 0 Å². The van der Waals surface area contributed by atoms with Gasteiger partial charge < -0.3 is 0 Å². The van der Waals surface area contributed by atoms with Gasteiger partial charge in [-0.25, -0.2) is 4.98 Å². The maximum Gasteiger partial charge on any atom is 0.263 e. The van der Waals surface area contributed by atoms with E-state index in [0.717, 1.165) is 33.2 Å². The number of aryl methyl sites for hydroxylation is 2. The average Bonchev–Trinajstić information content (AvgIpc) is 2.84. The predicted molar refractivity (Wildman–Crippen MR) is 100 cm³/mol. The molecule has 0 N–H and O–H groups in total. The van der Waals surface area contributed by atoms with Crippen molar-refractivity contribution >= 4 is 45.1 Å². The number of fused-ring (bicyclic) bond motifs is 2. The largest absolute Gasteiger partial charge is 0.286 e. The first kappa shape index (κ1) is 15.3. The van der Waals surface area contributed by atoms with Crippen LogP contribution in [0.4, 0.5) is 0 Å². The van der Waals surface area contributed by atoms with Crippen LogP contribution in [-0.2, 0) is 6.54 Å². The van der Waals surface area contributed by atoms with Crippen molar-refractivity contribution in [2.24, 2.45) is 0 Å². The van der Waals surface area contributed by atoms with Gasteiger partial charge in [-0.15, -0.1) is 23.1 Å². The number of aromatic nitrogens is 2. The summed E-state index contributed by atoms with van der Waals surface area (Å²) in [4.78, 5) is 21.0. The second-order valence-electron chi connectivity index (χ2n) is 5.64. The number of benzene rings is 1. The standard InChI is InChI=1S/C17H16N2OS3/c1-10-11(2)22-15-14(10)16(20)19-8-13(9-21-17(19)18-15)23-12-6-4-3-5-7-12/h3-7,13H,8-9H2,1-2H3/t13-/m0/s1. The van der Waals surface area contributed by atoms with Crippen LogP contribution in [0.5, 0.6) is 0 Å². The molecule has 23 heavy (non-hydrogen) atoms. The normalized spacial score (nSPS) is 17.4. The first-order chi connectivity index (χ1) is 11.1. The van der Waals surface area contributed by atoms with Crippen LogP contribution >= 0.6 is 34.9 Å². The van der Waals surface area contributed by atoms with Gasteiger partial charge in [-0.2, -0.15) is 0 Å². The maximum atomic E-state index is 12.9. The molecule has 0 fully saturated rings. The molecule has 1 aliphatic rings. The second-order valence-corrected chi connectivity index (χ2v) is 9.20. The molecule has 1 atom stereocenters. The summed E-state index contributed by atoms with van der Waals surface area (Å²) in [6.45, 7) is 4.82. The van der Waals surface area contributed by atoms with Crippen molar-refractivity contribution in [1.29, 1.82) is 0 Å². The summed E-state index contributed by atoms with van der Waals surface area (Å²) >= 11 is 5.17. The molecule has 0 bridgehead atoms. The molecule has 0 spiro atoms. The van der Waals surface area contributed by atoms with Crippen molar-refractivity contribution in [2.45, 2.75) is 35.7 Å². The van der Waals surface area contributed by atoms with Gasteiger partial charge in [-0.3, -0.25) is 9.36 Å². The number of thioether (sulfide) groups is 2. The molecule has 0 saturated carbocycles. The molecule has 118 valence electrons. The van der Waals surface area contributed by atoms with Crippen LogP contribution in [0.25, 0.3) is 10.2 Å². The van der Waals surface area contributed by atoms with Gasteiger partial charge in [-0.05, 0) is 31.5 Å². The van der Waals surface area contributed by atoms with Crippen LogP contribution in [0.1, 0.15) is 10.4 Å². The molecular weight excluding hydrogens is 344 g/mol. The van der Waals surface area contributed by atoms with Crippen molar-refractivity contribution in [3.05, 3.63) is 51.1 Å². The van der Waals surface area contributed by atoms with E-state index in [1.54, 1.807) is 23.1 Å². The maximum absolute atomic E-state index is 12.9. The van der Waals surface area contributed by atoms with Crippen molar-refractivity contribution in [1.82, 2.24) is 9.55 Å². The molecule has 0 amide bonds. The smallest absolute Gasteiger partial charge is 0.263 e. The van der Waals surface area contributed by atoms with Gasteiger partial charge in [-0.1, -0.05) is 30.0 Å². The Morgan fingerprint density at radius 1 is 1.26 bits per heavy atom. The third kappa shape index (κ3) is 2.73. The molecule has 4 rings (SSSR count). The zero-order chi connectivity index (χ0) is 16.0. The third-order valence-corrected chi connectivity index (χ3v) is 7.73. The third-order valence-electron chi connectivity index (χ3n) is 4.08. The van der Waals surface area contributed by atoms with E-state index in [1.165, 1.54) is 9.77 Å². The lowest BCUT2D eigenvalue weighted by atomic mass is 10.2. The summed E-state index contributed by atoms with van der Waals surface area (Å²) < 4.78 is 1.87. The molecule has 0 aliphatic carbocycles. The molecule has 1 aliphatic heterocycles. The first-order valence-electron chi connectivity index (χ1n) is 7.48. The number of hydrogen-bond acceptors (Lipinski definition) is 5. The Kier molecular flexibility index (Phi) is 3.99. The van der Waals surface area contributed by atoms with Crippen molar-refractivity contribution in [3.63, 3.8) is 0 Å². The Morgan fingerprint density at radius 3 is 2.83 bits per heavy atom. The topological polar surface area (TPSA) is 34.9 Å². The predicted octanol–water partition coefficient (Wildman–Crippen LogP) is 4.34. The Labute approximate surface area is 147 Å². The van der Waals surface area contributed by atoms with Gasteiger partial charge in [0, 0.05) is 27.3 Å². The number of hydrogen-bond donors (Lipinski definition) is 0. The SMILES string of the molecule is Cc1sc2nc3n(c(=O)c2c1C)C[C@H](Sc1ccccc1)CS3. The summed E-state index contributed by atoms with van der Waals surface area (Å²) in [5.41, 5.74) is 1.21. The minimum atomic E-state index is 0.123. The molecule has 1 aromatic carbocycles. The highest BCUT2D eigenvalue weighted by atomic mass is 32.2. The van der Waals surface area contributed by atoms with Crippen LogP contribution in [0.2, 0.25) is 0 Å². The van der Waals surface area contributed by atoms with Crippen LogP contribution in [0.3, 0.4) is 0 Å². The quantitative estimate of drug-likeness (QED) is 0.637. The minimum Gasteiger partial charge on any atom is -0.286 e. The molecule has 0 unspecified atom stereocenters. The number of thiophene rings is 1. The van der Waals surface area contributed by atoms with Crippen LogP contribution in [0.15, 0.2) is 45.2 Å². The Morgan fingerprint density at radius 2 is 2.04 bits per heavy atom. The molecule has 3 aromatic rings. The van der Waals surface area contributed by atoms with Crippen LogP contribution < -0.4 is 5.56 Å². The average molecular weight is 361 g/mol. The molecule has 2 aromatic heterocycles. The monoisotopic (exact) mass is 360 g/mol. The van der Waals surface area contributed by atoms with Crippen LogP contribution in [0, 0.1) is 13.8 Å². The first-order valence-corrected chi connectivity index (χ1v) is 10.2. The Balaban J connectivity index is 1.71. The highest BCUT2D eigenvalue weighted by Crippen LogP contribution is 2.34. The van der Waals surface area contributed by atoms with Gasteiger partial charge in [0.2, 0.25) is 0 Å². The summed E-state index contributed by atoms with van der Waals surface area (Å²) in [5, 5.41) is 2.07. The van der Waals surface area contributed by atoms with Gasteiger partial charge in [0.25, 0.3) is 5.56 Å². The van der Waals surface area contributed by atoms with Gasteiger partial charge in [0.05, 0.1) is 5.39 Å². The summed E-state index contributed by atoms with van der Waals surface area (Å²) in [5.74, 6) is 0.987. The second kappa shape index (κ2) is 6.00.